The first-order valence-electron chi connectivity index (χ1n) is 3.31. The van der Waals surface area contributed by atoms with Crippen molar-refractivity contribution in [3.8, 4) is 0 Å². The minimum absolute atomic E-state index is 0.375. The molecule has 0 spiro atoms. The number of nitrogens with one attached hydrogen (secondary N) is 1. The normalized spacial score (nSPS) is 38.2. The summed E-state index contributed by atoms with van der Waals surface area (Å²) >= 11 is 0. The summed E-state index contributed by atoms with van der Waals surface area (Å²) in [4.78, 5) is 0. The first-order valence-corrected chi connectivity index (χ1v) is 3.31. The molecule has 1 nitrogen and oxygen atoms in total. The fourth-order valence-electron chi connectivity index (χ4n) is 1.17. The van der Waals surface area contributed by atoms with E-state index in [0.29, 0.717) is 5.54 Å². The van der Waals surface area contributed by atoms with Crippen molar-refractivity contribution >= 4 is 0 Å². The van der Waals surface area contributed by atoms with Gasteiger partial charge in [0.15, 0.2) is 0 Å². The van der Waals surface area contributed by atoms with Crippen LogP contribution >= 0.6 is 0 Å². The summed E-state index contributed by atoms with van der Waals surface area (Å²) in [7, 11) is 0. The van der Waals surface area contributed by atoms with Crippen LogP contribution in [-0.2, 0) is 0 Å². The van der Waals surface area contributed by atoms with Crippen molar-refractivity contribution < 1.29 is 0 Å². The lowest BCUT2D eigenvalue weighted by Gasteiger charge is -2.21. The second kappa shape index (κ2) is 2.06. The topological polar surface area (TPSA) is 12.0 Å². The Morgan fingerprint density at radius 3 is 2.75 bits per heavy atom. The Hall–Kier alpha value is -0.0400. The quantitative estimate of drug-likeness (QED) is 0.540. The molecular weight excluding hydrogens is 98.1 g/mol. The van der Waals surface area contributed by atoms with Crippen molar-refractivity contribution in [3.63, 3.8) is 0 Å². The van der Waals surface area contributed by atoms with Crippen LogP contribution in [0.15, 0.2) is 0 Å². The van der Waals surface area contributed by atoms with Crippen LogP contribution < -0.4 is 5.32 Å². The summed E-state index contributed by atoms with van der Waals surface area (Å²) in [5.74, 6) is 0. The number of hydrogen-bond acceptors (Lipinski definition) is 1. The summed E-state index contributed by atoms with van der Waals surface area (Å²) in [5, 5.41) is 3.42. The van der Waals surface area contributed by atoms with Gasteiger partial charge >= 0.3 is 0 Å². The molecule has 1 aliphatic rings. The van der Waals surface area contributed by atoms with Crippen molar-refractivity contribution in [2.75, 3.05) is 6.54 Å². The lowest BCUT2D eigenvalue weighted by atomic mass is 9.98. The molecule has 1 N–H and O–H groups in total. The minimum atomic E-state index is 0.375. The Kier molecular flexibility index (Phi) is 1.57. The van der Waals surface area contributed by atoms with Crippen LogP contribution in [0.2, 0.25) is 0 Å². The van der Waals surface area contributed by atoms with Gasteiger partial charge in [0.1, 0.15) is 0 Å². The molecule has 1 aliphatic heterocycles. The third kappa shape index (κ3) is 1.03. The van der Waals surface area contributed by atoms with Gasteiger partial charge in [0.05, 0.1) is 0 Å². The fraction of sp³-hybridized carbons (Fsp3) is 0.857. The Labute approximate surface area is 51.5 Å². The van der Waals surface area contributed by atoms with Gasteiger partial charge in [-0.05, 0) is 32.7 Å². The van der Waals surface area contributed by atoms with Gasteiger partial charge in [0.2, 0.25) is 0 Å². The van der Waals surface area contributed by atoms with Crippen LogP contribution in [-0.4, -0.2) is 12.1 Å². The standard InChI is InChI=1S/C7H14N/c1-3-7(2)5-4-6-8-7/h8H,1,3-6H2,2H3. The lowest BCUT2D eigenvalue weighted by molar-refractivity contribution is 0.419. The molecule has 0 aromatic carbocycles. The van der Waals surface area contributed by atoms with Gasteiger partial charge in [-0.25, -0.2) is 0 Å². The molecule has 0 amide bonds. The first-order chi connectivity index (χ1) is 3.77. The van der Waals surface area contributed by atoms with E-state index in [2.05, 4.69) is 19.2 Å². The minimum Gasteiger partial charge on any atom is -0.312 e. The highest BCUT2D eigenvalue weighted by Crippen LogP contribution is 2.20. The van der Waals surface area contributed by atoms with Crippen molar-refractivity contribution in [1.29, 1.82) is 0 Å². The predicted octanol–water partition coefficient (Wildman–Crippen LogP) is 1.35. The molecule has 1 atom stereocenters. The molecule has 1 fully saturated rings. The molecule has 0 aromatic rings. The molecular formula is C7H14N. The van der Waals surface area contributed by atoms with E-state index in [9.17, 15) is 0 Å². The molecule has 1 heteroatoms. The van der Waals surface area contributed by atoms with Gasteiger partial charge < -0.3 is 5.32 Å². The zero-order chi connectivity index (χ0) is 6.04. The third-order valence-corrected chi connectivity index (χ3v) is 2.01. The van der Waals surface area contributed by atoms with Gasteiger partial charge in [-0.2, -0.15) is 0 Å². The molecule has 1 rings (SSSR count). The monoisotopic (exact) mass is 112 g/mol. The van der Waals surface area contributed by atoms with Crippen LogP contribution in [0.4, 0.5) is 0 Å². The van der Waals surface area contributed by atoms with Crippen LogP contribution in [0.1, 0.15) is 26.2 Å². The fourth-order valence-corrected chi connectivity index (χ4v) is 1.17. The molecule has 8 heavy (non-hydrogen) atoms. The van der Waals surface area contributed by atoms with Gasteiger partial charge in [-0.15, -0.1) is 0 Å². The Balaban J connectivity index is 2.40. The molecule has 1 saturated heterocycles. The average Bonchev–Trinajstić information content (AvgIpc) is 2.17. The zero-order valence-electron chi connectivity index (χ0n) is 5.54. The van der Waals surface area contributed by atoms with E-state index in [1.165, 1.54) is 19.4 Å². The summed E-state index contributed by atoms with van der Waals surface area (Å²) in [6.45, 7) is 7.31. The van der Waals surface area contributed by atoms with E-state index in [1.807, 2.05) is 0 Å². The Bertz CT molecular complexity index is 72.5. The van der Waals surface area contributed by atoms with Crippen molar-refractivity contribution in [2.24, 2.45) is 0 Å². The van der Waals surface area contributed by atoms with Crippen molar-refractivity contribution in [2.45, 2.75) is 31.7 Å². The van der Waals surface area contributed by atoms with E-state index < -0.39 is 0 Å². The van der Waals surface area contributed by atoms with Crippen LogP contribution in [0.25, 0.3) is 0 Å². The summed E-state index contributed by atoms with van der Waals surface area (Å²) < 4.78 is 0. The highest BCUT2D eigenvalue weighted by molar-refractivity contribution is 4.88. The van der Waals surface area contributed by atoms with Crippen LogP contribution in [0.5, 0.6) is 0 Å². The highest BCUT2D eigenvalue weighted by Gasteiger charge is 2.24. The smallest absolute Gasteiger partial charge is 0.0153 e. The van der Waals surface area contributed by atoms with E-state index in [1.54, 1.807) is 0 Å². The SMILES string of the molecule is [CH2]CC1(C)CCCN1. The first kappa shape index (κ1) is 6.09. The van der Waals surface area contributed by atoms with E-state index >= 15 is 0 Å². The lowest BCUT2D eigenvalue weighted by Crippen LogP contribution is -2.34. The van der Waals surface area contributed by atoms with Gasteiger partial charge in [0, 0.05) is 5.54 Å². The highest BCUT2D eigenvalue weighted by atomic mass is 15.0. The average molecular weight is 112 g/mol. The van der Waals surface area contributed by atoms with Crippen LogP contribution in [0.3, 0.4) is 0 Å². The van der Waals surface area contributed by atoms with E-state index in [4.69, 9.17) is 0 Å². The maximum absolute atomic E-state index is 3.88. The van der Waals surface area contributed by atoms with Crippen molar-refractivity contribution in [3.05, 3.63) is 6.92 Å². The Morgan fingerprint density at radius 1 is 1.75 bits per heavy atom. The number of hydrogen-bond donors (Lipinski definition) is 1. The molecule has 1 unspecified atom stereocenters. The maximum atomic E-state index is 3.88. The van der Waals surface area contributed by atoms with Gasteiger partial charge in [-0.3, -0.25) is 0 Å². The molecule has 0 aliphatic carbocycles. The van der Waals surface area contributed by atoms with Crippen molar-refractivity contribution in [1.82, 2.24) is 5.32 Å². The maximum Gasteiger partial charge on any atom is 0.0153 e. The molecule has 0 bridgehead atoms. The van der Waals surface area contributed by atoms with Gasteiger partial charge in [0.25, 0.3) is 0 Å². The predicted molar refractivity (Wildman–Crippen MR) is 35.6 cm³/mol. The Morgan fingerprint density at radius 2 is 2.50 bits per heavy atom. The molecule has 1 radical (unpaired) electrons. The van der Waals surface area contributed by atoms with Gasteiger partial charge in [-0.1, -0.05) is 6.92 Å². The van der Waals surface area contributed by atoms with E-state index in [-0.39, 0.29) is 0 Å². The third-order valence-electron chi connectivity index (χ3n) is 2.01. The number of rotatable bonds is 1. The zero-order valence-corrected chi connectivity index (χ0v) is 5.54. The van der Waals surface area contributed by atoms with Crippen LogP contribution in [0, 0.1) is 6.92 Å². The second-order valence-electron chi connectivity index (χ2n) is 2.84. The summed E-state index contributed by atoms with van der Waals surface area (Å²) in [6.07, 6.45) is 3.65. The molecule has 1 heterocycles. The largest absolute Gasteiger partial charge is 0.312 e. The molecule has 0 saturated carbocycles. The second-order valence-corrected chi connectivity index (χ2v) is 2.84. The molecule has 47 valence electrons. The molecule has 0 aromatic heterocycles. The van der Waals surface area contributed by atoms with E-state index in [0.717, 1.165) is 6.42 Å². The summed E-state index contributed by atoms with van der Waals surface area (Å²) in [5.41, 5.74) is 0.375. The summed E-state index contributed by atoms with van der Waals surface area (Å²) in [6, 6.07) is 0.